The van der Waals surface area contributed by atoms with Gasteiger partial charge >= 0.3 is 0 Å². The number of hydrogen-bond donors (Lipinski definition) is 1. The van der Waals surface area contributed by atoms with E-state index in [-0.39, 0.29) is 5.91 Å². The van der Waals surface area contributed by atoms with Crippen LogP contribution < -0.4 is 9.64 Å². The molecule has 0 saturated heterocycles. The van der Waals surface area contributed by atoms with Crippen molar-refractivity contribution in [1.29, 1.82) is 0 Å². The summed E-state index contributed by atoms with van der Waals surface area (Å²) in [7, 11) is 1.66. The summed E-state index contributed by atoms with van der Waals surface area (Å²) in [5, 5.41) is 1.03. The van der Waals surface area contributed by atoms with Gasteiger partial charge in [-0.15, -0.1) is 0 Å². The monoisotopic (exact) mass is 384 g/mol. The fourth-order valence-corrected chi connectivity index (χ4v) is 3.66. The van der Waals surface area contributed by atoms with E-state index in [0.717, 1.165) is 39.2 Å². The zero-order valence-electron chi connectivity index (χ0n) is 16.7. The van der Waals surface area contributed by atoms with Crippen molar-refractivity contribution in [3.63, 3.8) is 0 Å². The average molecular weight is 384 g/mol. The zero-order valence-corrected chi connectivity index (χ0v) is 16.7. The number of methoxy groups -OCH3 is 1. The van der Waals surface area contributed by atoms with Crippen molar-refractivity contribution in [3.05, 3.63) is 95.7 Å². The standard InChI is InChI=1S/C25H24N2O2/c1-18-22(23-15-21(29-2)13-14-24(23)26-18)16-25(28)27(20-11-7-4-8-12-20)17-19-9-5-3-6-10-19/h3-15,26H,16-17H2,1-2H3. The fourth-order valence-electron chi connectivity index (χ4n) is 3.66. The van der Waals surface area contributed by atoms with Gasteiger partial charge in [0.2, 0.25) is 5.91 Å². The molecule has 0 aliphatic carbocycles. The van der Waals surface area contributed by atoms with Gasteiger partial charge in [0.15, 0.2) is 0 Å². The highest BCUT2D eigenvalue weighted by Gasteiger charge is 2.20. The van der Waals surface area contributed by atoms with Gasteiger partial charge in [0.25, 0.3) is 0 Å². The number of fused-ring (bicyclic) bond motifs is 1. The van der Waals surface area contributed by atoms with Gasteiger partial charge in [-0.05, 0) is 48.4 Å². The predicted octanol–water partition coefficient (Wildman–Crippen LogP) is 5.26. The summed E-state index contributed by atoms with van der Waals surface area (Å²) in [6.07, 6.45) is 0.320. The van der Waals surface area contributed by atoms with E-state index in [0.29, 0.717) is 13.0 Å². The number of anilines is 1. The maximum Gasteiger partial charge on any atom is 0.231 e. The molecule has 0 fully saturated rings. The van der Waals surface area contributed by atoms with E-state index in [4.69, 9.17) is 4.74 Å². The molecule has 1 amide bonds. The van der Waals surface area contributed by atoms with Gasteiger partial charge in [0.1, 0.15) is 5.75 Å². The number of ether oxygens (including phenoxy) is 1. The fraction of sp³-hybridized carbons (Fsp3) is 0.160. The molecule has 4 rings (SSSR count). The molecule has 0 spiro atoms. The molecule has 0 radical (unpaired) electrons. The van der Waals surface area contributed by atoms with Crippen LogP contribution in [-0.2, 0) is 17.8 Å². The number of aryl methyl sites for hydroxylation is 1. The minimum Gasteiger partial charge on any atom is -0.497 e. The molecule has 1 N–H and O–H groups in total. The zero-order chi connectivity index (χ0) is 20.2. The highest BCUT2D eigenvalue weighted by molar-refractivity contribution is 5.98. The van der Waals surface area contributed by atoms with E-state index >= 15 is 0 Å². The molecule has 0 aliphatic heterocycles. The maximum atomic E-state index is 13.4. The summed E-state index contributed by atoms with van der Waals surface area (Å²) in [4.78, 5) is 18.7. The van der Waals surface area contributed by atoms with Crippen molar-refractivity contribution in [2.75, 3.05) is 12.0 Å². The third-order valence-corrected chi connectivity index (χ3v) is 5.21. The number of aromatic amines is 1. The van der Waals surface area contributed by atoms with Crippen LogP contribution in [0, 0.1) is 6.92 Å². The van der Waals surface area contributed by atoms with Crippen LogP contribution in [-0.4, -0.2) is 18.0 Å². The van der Waals surface area contributed by atoms with Gasteiger partial charge in [-0.3, -0.25) is 4.79 Å². The quantitative estimate of drug-likeness (QED) is 0.493. The van der Waals surface area contributed by atoms with Crippen LogP contribution in [0.2, 0.25) is 0 Å². The topological polar surface area (TPSA) is 45.3 Å². The third kappa shape index (κ3) is 4.02. The molecule has 0 atom stereocenters. The molecule has 0 bridgehead atoms. The van der Waals surface area contributed by atoms with E-state index < -0.39 is 0 Å². The highest BCUT2D eigenvalue weighted by Crippen LogP contribution is 2.28. The molecule has 1 aromatic heterocycles. The number of carbonyl (C=O) groups excluding carboxylic acids is 1. The van der Waals surface area contributed by atoms with E-state index in [1.54, 1.807) is 7.11 Å². The lowest BCUT2D eigenvalue weighted by atomic mass is 10.1. The molecule has 4 nitrogen and oxygen atoms in total. The summed E-state index contributed by atoms with van der Waals surface area (Å²) in [5.41, 5.74) is 5.03. The Hall–Kier alpha value is -3.53. The third-order valence-electron chi connectivity index (χ3n) is 5.21. The number of H-pyrrole nitrogens is 1. The SMILES string of the molecule is COc1ccc2[nH]c(C)c(CC(=O)N(Cc3ccccc3)c3ccccc3)c2c1. The van der Waals surface area contributed by atoms with Crippen LogP contribution in [0.3, 0.4) is 0 Å². The first-order chi connectivity index (χ1) is 14.2. The average Bonchev–Trinajstić information content (AvgIpc) is 3.07. The summed E-state index contributed by atoms with van der Waals surface area (Å²) >= 11 is 0. The number of hydrogen-bond acceptors (Lipinski definition) is 2. The highest BCUT2D eigenvalue weighted by atomic mass is 16.5. The predicted molar refractivity (Wildman–Crippen MR) is 117 cm³/mol. The largest absolute Gasteiger partial charge is 0.497 e. The van der Waals surface area contributed by atoms with Gasteiger partial charge in [-0.25, -0.2) is 0 Å². The number of rotatable bonds is 6. The number of nitrogens with one attached hydrogen (secondary N) is 1. The van der Waals surface area contributed by atoms with Crippen molar-refractivity contribution < 1.29 is 9.53 Å². The Kier molecular flexibility index (Phi) is 5.34. The van der Waals surface area contributed by atoms with Crippen LogP contribution >= 0.6 is 0 Å². The normalized spacial score (nSPS) is 10.8. The van der Waals surface area contributed by atoms with Gasteiger partial charge in [0, 0.05) is 22.3 Å². The van der Waals surface area contributed by atoms with Gasteiger partial charge in [-0.1, -0.05) is 48.5 Å². The second kappa shape index (κ2) is 8.23. The summed E-state index contributed by atoms with van der Waals surface area (Å²) < 4.78 is 5.38. The van der Waals surface area contributed by atoms with E-state index in [1.807, 2.05) is 90.7 Å². The Bertz CT molecular complexity index is 1120. The van der Waals surface area contributed by atoms with Gasteiger partial charge < -0.3 is 14.6 Å². The van der Waals surface area contributed by atoms with Crippen molar-refractivity contribution in [2.45, 2.75) is 19.9 Å². The van der Waals surface area contributed by atoms with Crippen molar-refractivity contribution in [1.82, 2.24) is 4.98 Å². The number of para-hydroxylation sites is 1. The number of benzene rings is 3. The van der Waals surface area contributed by atoms with Gasteiger partial charge in [-0.2, -0.15) is 0 Å². The van der Waals surface area contributed by atoms with Crippen LogP contribution in [0.5, 0.6) is 5.75 Å². The van der Waals surface area contributed by atoms with E-state index in [9.17, 15) is 4.79 Å². The van der Waals surface area contributed by atoms with Gasteiger partial charge in [0.05, 0.1) is 20.1 Å². The smallest absolute Gasteiger partial charge is 0.231 e. The lowest BCUT2D eigenvalue weighted by molar-refractivity contribution is -0.118. The molecule has 4 heteroatoms. The van der Waals surface area contributed by atoms with Crippen molar-refractivity contribution in [2.24, 2.45) is 0 Å². The lowest BCUT2D eigenvalue weighted by Gasteiger charge is -2.23. The van der Waals surface area contributed by atoms with E-state index in [2.05, 4.69) is 4.98 Å². The second-order valence-corrected chi connectivity index (χ2v) is 7.12. The Labute approximate surface area is 170 Å². The number of aromatic nitrogens is 1. The van der Waals surface area contributed by atoms with Crippen LogP contribution in [0.4, 0.5) is 5.69 Å². The summed E-state index contributed by atoms with van der Waals surface area (Å²) in [6, 6.07) is 25.8. The minimum atomic E-state index is 0.0619. The first kappa shape index (κ1) is 18.8. The van der Waals surface area contributed by atoms with Crippen molar-refractivity contribution in [3.8, 4) is 5.75 Å². The molecular weight excluding hydrogens is 360 g/mol. The minimum absolute atomic E-state index is 0.0619. The van der Waals surface area contributed by atoms with Crippen LogP contribution in [0.15, 0.2) is 78.9 Å². The van der Waals surface area contributed by atoms with Crippen molar-refractivity contribution >= 4 is 22.5 Å². The summed E-state index contributed by atoms with van der Waals surface area (Å²) in [6.45, 7) is 2.55. The van der Waals surface area contributed by atoms with E-state index in [1.165, 1.54) is 0 Å². The second-order valence-electron chi connectivity index (χ2n) is 7.12. The van der Waals surface area contributed by atoms with Crippen LogP contribution in [0.1, 0.15) is 16.8 Å². The molecule has 0 saturated carbocycles. The Morgan fingerprint density at radius 3 is 2.34 bits per heavy atom. The molecule has 0 aliphatic rings. The molecule has 1 heterocycles. The van der Waals surface area contributed by atoms with Crippen LogP contribution in [0.25, 0.3) is 10.9 Å². The lowest BCUT2D eigenvalue weighted by Crippen LogP contribution is -2.31. The Balaban J connectivity index is 1.68. The maximum absolute atomic E-state index is 13.4. The molecule has 146 valence electrons. The molecular formula is C25H24N2O2. The Morgan fingerprint density at radius 1 is 0.966 bits per heavy atom. The first-order valence-electron chi connectivity index (χ1n) is 9.70. The molecule has 3 aromatic carbocycles. The number of nitrogens with zero attached hydrogens (tertiary/aromatic N) is 1. The Morgan fingerprint density at radius 2 is 1.66 bits per heavy atom. The molecule has 4 aromatic rings. The first-order valence-corrected chi connectivity index (χ1v) is 9.70. The summed E-state index contributed by atoms with van der Waals surface area (Å²) in [5.74, 6) is 0.848. The number of amides is 1. The molecule has 0 unspecified atom stereocenters. The number of carbonyl (C=O) groups is 1. The molecule has 29 heavy (non-hydrogen) atoms.